The molecule has 1 aliphatic rings. The minimum Gasteiger partial charge on any atom is -0.396 e. The van der Waals surface area contributed by atoms with Crippen molar-refractivity contribution in [1.82, 2.24) is 9.55 Å². The molecule has 0 radical (unpaired) electrons. The molecule has 0 spiro atoms. The van der Waals surface area contributed by atoms with Crippen LogP contribution in [0.25, 0.3) is 0 Å². The van der Waals surface area contributed by atoms with Crippen LogP contribution >= 0.6 is 15.6 Å². The Balaban J connectivity index is 2.45. The molecular weight excluding hydrogens is 566 g/mol. The van der Waals surface area contributed by atoms with E-state index < -0.39 is 58.4 Å². The zero-order valence-electron chi connectivity index (χ0n) is 21.8. The summed E-state index contributed by atoms with van der Waals surface area (Å²) in [6.45, 7) is -0.101. The molecule has 0 aliphatic carbocycles. The van der Waals surface area contributed by atoms with Crippen LogP contribution in [0, 0.1) is 12.8 Å². The van der Waals surface area contributed by atoms with Gasteiger partial charge in [-0.15, -0.1) is 0 Å². The lowest BCUT2D eigenvalue weighted by Crippen LogP contribution is -2.55. The van der Waals surface area contributed by atoms with Crippen LogP contribution in [0.4, 0.5) is 5.82 Å². The predicted molar refractivity (Wildman–Crippen MR) is 135 cm³/mol. The zero-order chi connectivity index (χ0) is 29.3. The number of phosphoric acid groups is 2. The van der Waals surface area contributed by atoms with Crippen molar-refractivity contribution in [3.63, 3.8) is 0 Å². The molecule has 2 heterocycles. The molecule has 1 aliphatic heterocycles. The molecule has 1 aromatic rings. The minimum absolute atomic E-state index is 0.0303. The van der Waals surface area contributed by atoms with Crippen LogP contribution in [0.2, 0.25) is 0 Å². The van der Waals surface area contributed by atoms with E-state index in [1.165, 1.54) is 13.3 Å². The molecule has 8 N–H and O–H groups in total. The number of unbranched alkanes of at least 4 members (excludes halogenated alkanes) is 1. The highest BCUT2D eigenvalue weighted by atomic mass is 31.2. The van der Waals surface area contributed by atoms with Gasteiger partial charge in [0, 0.05) is 31.4 Å². The summed E-state index contributed by atoms with van der Waals surface area (Å²) in [5.41, 5.74) is 8.68. The Morgan fingerprint density at radius 1 is 1.26 bits per heavy atom. The third-order valence-electron chi connectivity index (χ3n) is 5.93. The number of methoxy groups -OCH3 is 1. The second kappa shape index (κ2) is 15.1. The quantitative estimate of drug-likeness (QED) is 0.0885. The van der Waals surface area contributed by atoms with Gasteiger partial charge >= 0.3 is 21.3 Å². The van der Waals surface area contributed by atoms with Gasteiger partial charge in [-0.1, -0.05) is 6.42 Å². The molecule has 0 aromatic carbocycles. The van der Waals surface area contributed by atoms with Crippen LogP contribution in [0.1, 0.15) is 24.8 Å². The molecule has 1 aromatic heterocycles. The Bertz CT molecular complexity index is 1070. The minimum atomic E-state index is -5.00. The van der Waals surface area contributed by atoms with Gasteiger partial charge < -0.3 is 45.5 Å². The third-order valence-corrected chi connectivity index (χ3v) is 7.39. The number of nitrogens with two attached hydrogens (primary N) is 2. The number of aromatic nitrogens is 2. The van der Waals surface area contributed by atoms with Gasteiger partial charge in [-0.25, -0.2) is 13.9 Å². The summed E-state index contributed by atoms with van der Waals surface area (Å²) in [7, 11) is -8.56. The first kappa shape index (κ1) is 33.9. The number of anilines is 1. The number of phosphoric ester groups is 2. The maximum atomic E-state index is 13.1. The number of hydrogen-bond acceptors (Lipinski definition) is 13. The number of hydrogen-bond donors (Lipinski definition) is 6. The van der Waals surface area contributed by atoms with Gasteiger partial charge in [-0.2, -0.15) is 4.98 Å². The number of aliphatic hydroxyl groups is 1. The summed E-state index contributed by atoms with van der Waals surface area (Å²) in [6, 6.07) is 0. The Hall–Kier alpha value is -1.30. The van der Waals surface area contributed by atoms with Gasteiger partial charge in [0.05, 0.1) is 33.0 Å². The van der Waals surface area contributed by atoms with Crippen LogP contribution < -0.4 is 17.2 Å². The predicted octanol–water partition coefficient (Wildman–Crippen LogP) is -0.802. The van der Waals surface area contributed by atoms with Gasteiger partial charge in [0.2, 0.25) is 5.72 Å². The number of nitrogens with zero attached hydrogens (tertiary/aromatic N) is 2. The maximum absolute atomic E-state index is 13.1. The Labute approximate surface area is 225 Å². The third kappa shape index (κ3) is 9.93. The molecule has 2 rings (SSSR count). The molecule has 4 unspecified atom stereocenters. The zero-order valence-corrected chi connectivity index (χ0v) is 23.6. The molecule has 19 heteroatoms. The molecule has 1 fully saturated rings. The molecule has 0 bridgehead atoms. The number of nitrogen functional groups attached to an aromatic ring is 1. The van der Waals surface area contributed by atoms with Gasteiger partial charge in [0.15, 0.2) is 0 Å². The summed E-state index contributed by atoms with van der Waals surface area (Å²) in [5.74, 6) is -0.564. The first-order valence-electron chi connectivity index (χ1n) is 12.1. The second-order valence-electron chi connectivity index (χ2n) is 8.91. The van der Waals surface area contributed by atoms with E-state index in [0.717, 1.165) is 4.57 Å². The molecular formula is C20H38N4O13P2. The monoisotopic (exact) mass is 604 g/mol. The van der Waals surface area contributed by atoms with Crippen molar-refractivity contribution in [2.75, 3.05) is 59.0 Å². The molecule has 5 atom stereocenters. The van der Waals surface area contributed by atoms with Crippen molar-refractivity contribution in [3.8, 4) is 0 Å². The second-order valence-corrected chi connectivity index (χ2v) is 11.6. The average molecular weight is 604 g/mol. The van der Waals surface area contributed by atoms with Gasteiger partial charge in [0.25, 0.3) is 0 Å². The fourth-order valence-electron chi connectivity index (χ4n) is 3.85. The van der Waals surface area contributed by atoms with Crippen LogP contribution in [0.15, 0.2) is 11.0 Å². The van der Waals surface area contributed by atoms with Crippen molar-refractivity contribution in [1.29, 1.82) is 0 Å². The van der Waals surface area contributed by atoms with E-state index in [1.807, 2.05) is 0 Å². The Morgan fingerprint density at radius 2 is 1.97 bits per heavy atom. The molecule has 0 amide bonds. The maximum Gasteiger partial charge on any atom is 0.472 e. The lowest BCUT2D eigenvalue weighted by molar-refractivity contribution is -0.166. The molecule has 39 heavy (non-hydrogen) atoms. The average Bonchev–Trinajstić information content (AvgIpc) is 3.19. The number of ether oxygens (including phenoxy) is 3. The van der Waals surface area contributed by atoms with Crippen molar-refractivity contribution >= 4 is 21.5 Å². The van der Waals surface area contributed by atoms with E-state index in [1.54, 1.807) is 6.92 Å². The van der Waals surface area contributed by atoms with E-state index in [-0.39, 0.29) is 32.2 Å². The highest BCUT2D eigenvalue weighted by molar-refractivity contribution is 7.47. The largest absolute Gasteiger partial charge is 0.472 e. The lowest BCUT2D eigenvalue weighted by Gasteiger charge is -2.36. The van der Waals surface area contributed by atoms with E-state index >= 15 is 0 Å². The highest BCUT2D eigenvalue weighted by Gasteiger charge is 2.57. The summed E-state index contributed by atoms with van der Waals surface area (Å²) in [5, 5.41) is 9.61. The van der Waals surface area contributed by atoms with Crippen molar-refractivity contribution in [2.45, 2.75) is 44.1 Å². The normalized spacial score (nSPS) is 24.1. The summed E-state index contributed by atoms with van der Waals surface area (Å²) >= 11 is 0. The van der Waals surface area contributed by atoms with E-state index in [4.69, 9.17) is 34.7 Å². The molecule has 17 nitrogen and oxygen atoms in total. The van der Waals surface area contributed by atoms with Crippen LogP contribution in [-0.4, -0.2) is 94.8 Å². The first-order chi connectivity index (χ1) is 18.3. The Kier molecular flexibility index (Phi) is 13.1. The highest BCUT2D eigenvalue weighted by Crippen LogP contribution is 2.51. The molecule has 226 valence electrons. The van der Waals surface area contributed by atoms with Gasteiger partial charge in [-0.05, 0) is 26.3 Å². The standard InChI is InChI=1S/C20H38N4O13P2/c1-14-9-24(19(26)23-18(14)22)20(34-8-7-32-2)13-33-16(12-35-38(27,28)29)17(20)37-39(30,31)36-11-15(10-25)5-3-4-6-21/h9,15-17,25H,3-8,10-13,21H2,1-2H3,(H,30,31)(H2,22,23,26)(H2,27,28,29)/t15?,16-,17?,20?/m1/s1. The van der Waals surface area contributed by atoms with Crippen LogP contribution in [0.3, 0.4) is 0 Å². The van der Waals surface area contributed by atoms with Gasteiger partial charge in [-0.3, -0.25) is 18.1 Å². The summed E-state index contributed by atoms with van der Waals surface area (Å²) in [6.07, 6.45) is -0.0183. The fourth-order valence-corrected chi connectivity index (χ4v) is 5.24. The van der Waals surface area contributed by atoms with E-state index in [0.29, 0.717) is 31.4 Å². The summed E-state index contributed by atoms with van der Waals surface area (Å²) < 4.78 is 57.2. The number of aryl methyl sites for hydroxylation is 1. The van der Waals surface area contributed by atoms with Crippen LogP contribution in [0.5, 0.6) is 0 Å². The van der Waals surface area contributed by atoms with E-state index in [9.17, 15) is 33.7 Å². The summed E-state index contributed by atoms with van der Waals surface area (Å²) in [4.78, 5) is 45.7. The smallest absolute Gasteiger partial charge is 0.396 e. The topological polar surface area (TPSA) is 257 Å². The molecule has 1 saturated heterocycles. The SMILES string of the molecule is COCCOC1(n2cc(C)c(N)nc2=O)CO[C@H](COP(=O)(O)O)C1OP(=O)(O)OCC(CO)CCCCN. The van der Waals surface area contributed by atoms with Crippen molar-refractivity contribution in [2.24, 2.45) is 11.7 Å². The number of aliphatic hydroxyl groups excluding tert-OH is 1. The lowest BCUT2D eigenvalue weighted by atomic mass is 10.0. The van der Waals surface area contributed by atoms with Crippen molar-refractivity contribution in [3.05, 3.63) is 22.2 Å². The first-order valence-corrected chi connectivity index (χ1v) is 15.1. The van der Waals surface area contributed by atoms with Crippen molar-refractivity contribution < 1.29 is 56.7 Å². The fraction of sp³-hybridized carbons (Fsp3) is 0.800. The van der Waals surface area contributed by atoms with Crippen LogP contribution in [-0.2, 0) is 42.6 Å². The molecule has 0 saturated carbocycles. The Morgan fingerprint density at radius 3 is 2.59 bits per heavy atom. The van der Waals surface area contributed by atoms with Gasteiger partial charge in [0.1, 0.15) is 18.0 Å². The van der Waals surface area contributed by atoms with E-state index in [2.05, 4.69) is 9.51 Å². The number of rotatable bonds is 18.